The van der Waals surface area contributed by atoms with Gasteiger partial charge < -0.3 is 0 Å². The number of alkyl halides is 2. The van der Waals surface area contributed by atoms with E-state index in [-0.39, 0.29) is 12.4 Å². The van der Waals surface area contributed by atoms with Gasteiger partial charge in [0.25, 0.3) is 5.91 Å². The van der Waals surface area contributed by atoms with Gasteiger partial charge in [-0.25, -0.2) is 18.2 Å². The number of amides is 1. The first-order chi connectivity index (χ1) is 9.00. The Morgan fingerprint density at radius 1 is 1.37 bits per heavy atom. The summed E-state index contributed by atoms with van der Waals surface area (Å²) < 4.78 is 38.0. The van der Waals surface area contributed by atoms with Crippen molar-refractivity contribution in [1.82, 2.24) is 5.06 Å². The third kappa shape index (κ3) is 2.89. The predicted molar refractivity (Wildman–Crippen MR) is 61.7 cm³/mol. The third-order valence-electron chi connectivity index (χ3n) is 3.14. The number of carbonyl (C=O) groups excluding carboxylic acids is 1. The van der Waals surface area contributed by atoms with E-state index in [4.69, 9.17) is 4.84 Å². The van der Waals surface area contributed by atoms with Crippen LogP contribution in [-0.4, -0.2) is 24.0 Å². The van der Waals surface area contributed by atoms with Crippen molar-refractivity contribution < 1.29 is 22.8 Å². The quantitative estimate of drug-likeness (QED) is 0.847. The molecule has 1 aliphatic rings. The molecule has 6 heteroatoms. The summed E-state index contributed by atoms with van der Waals surface area (Å²) in [5.74, 6) is -2.55. The number of hydrogen-bond acceptors (Lipinski definition) is 2. The van der Waals surface area contributed by atoms with Crippen molar-refractivity contribution in [2.75, 3.05) is 6.61 Å². The molecular formula is C13H14F3NO2. The standard InChI is InChI=1S/C13H14F3NO2/c1-8(12(15)16)13(18)17-11(6-7-19-17)9-2-4-10(14)5-3-9/h2-5,8,11-12H,6-7H2,1H3/t8?,11-/m0/s1. The van der Waals surface area contributed by atoms with E-state index >= 15 is 0 Å². The molecule has 1 saturated heterocycles. The van der Waals surface area contributed by atoms with Crippen molar-refractivity contribution in [3.63, 3.8) is 0 Å². The first-order valence-corrected chi connectivity index (χ1v) is 6.00. The molecule has 0 bridgehead atoms. The predicted octanol–water partition coefficient (Wildman–Crippen LogP) is 2.93. The number of halogens is 3. The maximum atomic E-state index is 12.9. The van der Waals surface area contributed by atoms with Gasteiger partial charge in [0.1, 0.15) is 5.82 Å². The fraction of sp³-hybridized carbons (Fsp3) is 0.462. The molecule has 2 atom stereocenters. The van der Waals surface area contributed by atoms with Crippen LogP contribution in [0, 0.1) is 11.7 Å². The average molecular weight is 273 g/mol. The second-order valence-electron chi connectivity index (χ2n) is 4.48. The smallest absolute Gasteiger partial charge is 0.255 e. The fourth-order valence-corrected chi connectivity index (χ4v) is 1.98. The minimum atomic E-state index is -2.73. The van der Waals surface area contributed by atoms with Crippen LogP contribution in [0.1, 0.15) is 24.9 Å². The first kappa shape index (κ1) is 13.9. The van der Waals surface area contributed by atoms with Crippen LogP contribution in [0.3, 0.4) is 0 Å². The Morgan fingerprint density at radius 3 is 2.58 bits per heavy atom. The Bertz CT molecular complexity index is 450. The van der Waals surface area contributed by atoms with Gasteiger partial charge >= 0.3 is 0 Å². The van der Waals surface area contributed by atoms with Crippen LogP contribution in [0.25, 0.3) is 0 Å². The van der Waals surface area contributed by atoms with Gasteiger partial charge in [-0.15, -0.1) is 0 Å². The lowest BCUT2D eigenvalue weighted by Gasteiger charge is -2.25. The van der Waals surface area contributed by atoms with Gasteiger partial charge in [0, 0.05) is 6.42 Å². The van der Waals surface area contributed by atoms with Gasteiger partial charge in [-0.1, -0.05) is 12.1 Å². The van der Waals surface area contributed by atoms with E-state index in [2.05, 4.69) is 0 Å². The summed E-state index contributed by atoms with van der Waals surface area (Å²) in [4.78, 5) is 17.0. The Labute approximate surface area is 108 Å². The Morgan fingerprint density at radius 2 is 2.00 bits per heavy atom. The second kappa shape index (κ2) is 5.61. The largest absolute Gasteiger partial charge is 0.272 e. The number of hydrogen-bond donors (Lipinski definition) is 0. The summed E-state index contributed by atoms with van der Waals surface area (Å²) in [5, 5.41) is 0.990. The highest BCUT2D eigenvalue weighted by molar-refractivity contribution is 5.78. The summed E-state index contributed by atoms with van der Waals surface area (Å²) in [5.41, 5.74) is 0.675. The van der Waals surface area contributed by atoms with Crippen LogP contribution in [0.2, 0.25) is 0 Å². The highest BCUT2D eigenvalue weighted by Crippen LogP contribution is 2.32. The summed E-state index contributed by atoms with van der Waals surface area (Å²) >= 11 is 0. The lowest BCUT2D eigenvalue weighted by Crippen LogP contribution is -2.36. The van der Waals surface area contributed by atoms with Gasteiger partial charge in [-0.2, -0.15) is 0 Å². The summed E-state index contributed by atoms with van der Waals surface area (Å²) in [6, 6.07) is 5.17. The number of hydroxylamine groups is 2. The Kier molecular flexibility index (Phi) is 4.09. The maximum absolute atomic E-state index is 12.9. The van der Waals surface area contributed by atoms with Crippen LogP contribution in [0.5, 0.6) is 0 Å². The summed E-state index contributed by atoms with van der Waals surface area (Å²) in [7, 11) is 0. The van der Waals surface area contributed by atoms with Gasteiger partial charge in [0.05, 0.1) is 18.6 Å². The molecule has 19 heavy (non-hydrogen) atoms. The third-order valence-corrected chi connectivity index (χ3v) is 3.14. The average Bonchev–Trinajstić information content (AvgIpc) is 2.87. The minimum absolute atomic E-state index is 0.281. The Balaban J connectivity index is 2.17. The first-order valence-electron chi connectivity index (χ1n) is 6.00. The van der Waals surface area contributed by atoms with E-state index < -0.39 is 24.3 Å². The molecule has 2 rings (SSSR count). The van der Waals surface area contributed by atoms with Crippen molar-refractivity contribution in [2.45, 2.75) is 25.8 Å². The zero-order valence-electron chi connectivity index (χ0n) is 10.4. The molecule has 0 N–H and O–H groups in total. The highest BCUT2D eigenvalue weighted by atomic mass is 19.3. The molecule has 0 saturated carbocycles. The van der Waals surface area contributed by atoms with E-state index in [0.717, 1.165) is 12.0 Å². The fourth-order valence-electron chi connectivity index (χ4n) is 1.98. The number of carbonyl (C=O) groups is 1. The molecule has 1 amide bonds. The maximum Gasteiger partial charge on any atom is 0.255 e. The van der Waals surface area contributed by atoms with Gasteiger partial charge in [0.15, 0.2) is 0 Å². The lowest BCUT2D eigenvalue weighted by atomic mass is 10.0. The normalized spacial score (nSPS) is 20.9. The molecule has 3 nitrogen and oxygen atoms in total. The van der Waals surface area contributed by atoms with E-state index in [0.29, 0.717) is 12.0 Å². The van der Waals surface area contributed by atoms with Crippen LogP contribution < -0.4 is 0 Å². The number of rotatable bonds is 3. The van der Waals surface area contributed by atoms with Crippen molar-refractivity contribution in [2.24, 2.45) is 5.92 Å². The molecule has 1 unspecified atom stereocenters. The van der Waals surface area contributed by atoms with Crippen LogP contribution in [-0.2, 0) is 9.63 Å². The van der Waals surface area contributed by atoms with E-state index in [1.165, 1.54) is 24.3 Å². The molecule has 1 aromatic rings. The summed E-state index contributed by atoms with van der Waals surface area (Å²) in [6.07, 6.45) is -2.22. The SMILES string of the molecule is CC(C(=O)N1OCC[C@H]1c1ccc(F)cc1)C(F)F. The van der Waals surface area contributed by atoms with E-state index in [1.807, 2.05) is 0 Å². The highest BCUT2D eigenvalue weighted by Gasteiger charge is 2.37. The molecule has 1 aromatic carbocycles. The molecule has 1 aliphatic heterocycles. The van der Waals surface area contributed by atoms with Gasteiger partial charge in [0.2, 0.25) is 6.43 Å². The van der Waals surface area contributed by atoms with Crippen LogP contribution in [0.4, 0.5) is 13.2 Å². The lowest BCUT2D eigenvalue weighted by molar-refractivity contribution is -0.185. The van der Waals surface area contributed by atoms with Crippen molar-refractivity contribution in [3.8, 4) is 0 Å². The van der Waals surface area contributed by atoms with Crippen molar-refractivity contribution in [1.29, 1.82) is 0 Å². The van der Waals surface area contributed by atoms with E-state index in [9.17, 15) is 18.0 Å². The number of benzene rings is 1. The molecule has 104 valence electrons. The molecule has 0 spiro atoms. The topological polar surface area (TPSA) is 29.5 Å². The van der Waals surface area contributed by atoms with Crippen molar-refractivity contribution in [3.05, 3.63) is 35.6 Å². The molecule has 1 fully saturated rings. The van der Waals surface area contributed by atoms with Crippen molar-refractivity contribution >= 4 is 5.91 Å². The minimum Gasteiger partial charge on any atom is -0.272 e. The molecule has 0 aromatic heterocycles. The monoisotopic (exact) mass is 273 g/mol. The van der Waals surface area contributed by atoms with Gasteiger partial charge in [-0.05, 0) is 24.6 Å². The zero-order chi connectivity index (χ0) is 14.0. The molecular weight excluding hydrogens is 259 g/mol. The molecule has 0 radical (unpaired) electrons. The second-order valence-corrected chi connectivity index (χ2v) is 4.48. The molecule has 1 heterocycles. The van der Waals surface area contributed by atoms with Gasteiger partial charge in [-0.3, -0.25) is 9.63 Å². The Hall–Kier alpha value is -1.56. The number of nitrogens with zero attached hydrogens (tertiary/aromatic N) is 1. The van der Waals surface area contributed by atoms with Crippen LogP contribution in [0.15, 0.2) is 24.3 Å². The van der Waals surface area contributed by atoms with Crippen LogP contribution >= 0.6 is 0 Å². The summed E-state index contributed by atoms with van der Waals surface area (Å²) in [6.45, 7) is 1.44. The molecule has 0 aliphatic carbocycles. The zero-order valence-corrected chi connectivity index (χ0v) is 10.4. The van der Waals surface area contributed by atoms with E-state index in [1.54, 1.807) is 0 Å².